The van der Waals surface area contributed by atoms with Crippen LogP contribution < -0.4 is 5.32 Å². The number of benzene rings is 1. The second-order valence-corrected chi connectivity index (χ2v) is 6.37. The molecule has 2 aliphatic rings. The Kier molecular flexibility index (Phi) is 6.54. The van der Waals surface area contributed by atoms with Gasteiger partial charge in [-0.3, -0.25) is 9.69 Å². The number of nitrogens with zero attached hydrogens (tertiary/aromatic N) is 2. The minimum absolute atomic E-state index is 0. The van der Waals surface area contributed by atoms with Crippen molar-refractivity contribution < 1.29 is 13.6 Å². The summed E-state index contributed by atoms with van der Waals surface area (Å²) >= 11 is 0. The van der Waals surface area contributed by atoms with Gasteiger partial charge in [0.05, 0.1) is 5.92 Å². The summed E-state index contributed by atoms with van der Waals surface area (Å²) in [6.07, 6.45) is 0.929. The van der Waals surface area contributed by atoms with Crippen molar-refractivity contribution in [3.63, 3.8) is 0 Å². The Morgan fingerprint density at radius 3 is 2.46 bits per heavy atom. The fraction of sp³-hybridized carbons (Fsp3) is 0.588. The third kappa shape index (κ3) is 3.87. The summed E-state index contributed by atoms with van der Waals surface area (Å²) in [6, 6.07) is 4.09. The standard InChI is InChI=1S/C17H23F2N3O.ClH/c1-12(16-14(18)3-2-4-15(16)19)17(23)22-8-5-13(11-22)21-9-6-20-7-10-21;/h2-4,12-13,20H,5-11H2,1H3;1H. The van der Waals surface area contributed by atoms with E-state index in [1.54, 1.807) is 11.8 Å². The molecule has 0 aromatic heterocycles. The van der Waals surface area contributed by atoms with Crippen molar-refractivity contribution in [1.82, 2.24) is 15.1 Å². The average molecular weight is 360 g/mol. The Balaban J connectivity index is 0.00000208. The van der Waals surface area contributed by atoms with Gasteiger partial charge in [0.15, 0.2) is 0 Å². The van der Waals surface area contributed by atoms with Crippen molar-refractivity contribution in [2.24, 2.45) is 0 Å². The molecular weight excluding hydrogens is 336 g/mol. The molecule has 2 heterocycles. The average Bonchev–Trinajstić information content (AvgIpc) is 3.04. The minimum Gasteiger partial charge on any atom is -0.341 e. The third-order valence-electron chi connectivity index (χ3n) is 4.95. The maximum absolute atomic E-state index is 13.9. The maximum atomic E-state index is 13.9. The predicted octanol–water partition coefficient (Wildman–Crippen LogP) is 2.00. The van der Waals surface area contributed by atoms with Crippen LogP contribution in [0.3, 0.4) is 0 Å². The van der Waals surface area contributed by atoms with Crippen molar-refractivity contribution in [3.05, 3.63) is 35.4 Å². The molecule has 2 atom stereocenters. The normalized spacial score (nSPS) is 23.0. The molecule has 7 heteroatoms. The molecular formula is C17H24ClF2N3O. The number of rotatable bonds is 3. The van der Waals surface area contributed by atoms with E-state index < -0.39 is 17.6 Å². The topological polar surface area (TPSA) is 35.6 Å². The highest BCUT2D eigenvalue weighted by atomic mass is 35.5. The number of amides is 1. The third-order valence-corrected chi connectivity index (χ3v) is 4.95. The lowest BCUT2D eigenvalue weighted by Gasteiger charge is -2.32. The van der Waals surface area contributed by atoms with Gasteiger partial charge in [0.1, 0.15) is 11.6 Å². The molecule has 24 heavy (non-hydrogen) atoms. The van der Waals surface area contributed by atoms with Crippen molar-refractivity contribution in [1.29, 1.82) is 0 Å². The van der Waals surface area contributed by atoms with Gasteiger partial charge in [0.25, 0.3) is 0 Å². The fourth-order valence-corrected chi connectivity index (χ4v) is 3.61. The van der Waals surface area contributed by atoms with Crippen LogP contribution in [0.4, 0.5) is 8.78 Å². The van der Waals surface area contributed by atoms with E-state index in [0.717, 1.165) is 32.6 Å². The number of likely N-dealkylation sites (tertiary alicyclic amines) is 1. The summed E-state index contributed by atoms with van der Waals surface area (Å²) in [5.74, 6) is -2.28. The lowest BCUT2D eigenvalue weighted by molar-refractivity contribution is -0.131. The molecule has 4 nitrogen and oxygen atoms in total. The molecule has 0 aliphatic carbocycles. The summed E-state index contributed by atoms with van der Waals surface area (Å²) in [5.41, 5.74) is -0.122. The highest BCUT2D eigenvalue weighted by Gasteiger charge is 2.34. The molecule has 2 aliphatic heterocycles. The molecule has 2 unspecified atom stereocenters. The van der Waals surface area contributed by atoms with Crippen molar-refractivity contribution >= 4 is 18.3 Å². The monoisotopic (exact) mass is 359 g/mol. The van der Waals surface area contributed by atoms with Crippen molar-refractivity contribution in [2.75, 3.05) is 39.3 Å². The zero-order valence-electron chi connectivity index (χ0n) is 13.8. The Hall–Kier alpha value is -1.24. The highest BCUT2D eigenvalue weighted by Crippen LogP contribution is 2.26. The zero-order valence-corrected chi connectivity index (χ0v) is 14.6. The van der Waals surface area contributed by atoms with E-state index in [1.165, 1.54) is 18.2 Å². The van der Waals surface area contributed by atoms with Gasteiger partial charge in [-0.05, 0) is 25.5 Å². The zero-order chi connectivity index (χ0) is 16.4. The van der Waals surface area contributed by atoms with Crippen LogP contribution >= 0.6 is 12.4 Å². The summed E-state index contributed by atoms with van der Waals surface area (Å²) in [7, 11) is 0. The number of piperazine rings is 1. The minimum atomic E-state index is -0.794. The molecule has 2 saturated heterocycles. The Morgan fingerprint density at radius 2 is 1.83 bits per heavy atom. The van der Waals surface area contributed by atoms with Gasteiger partial charge >= 0.3 is 0 Å². The van der Waals surface area contributed by atoms with Crippen LogP contribution in [0.25, 0.3) is 0 Å². The predicted molar refractivity (Wildman–Crippen MR) is 91.4 cm³/mol. The van der Waals surface area contributed by atoms with Crippen LogP contribution in [0.2, 0.25) is 0 Å². The lowest BCUT2D eigenvalue weighted by Crippen LogP contribution is -2.49. The molecule has 0 radical (unpaired) electrons. The van der Waals surface area contributed by atoms with Gasteiger partial charge in [-0.1, -0.05) is 6.07 Å². The summed E-state index contributed by atoms with van der Waals surface area (Å²) in [6.45, 7) is 6.83. The van der Waals surface area contributed by atoms with Crippen LogP contribution in [0.5, 0.6) is 0 Å². The summed E-state index contributed by atoms with van der Waals surface area (Å²) in [4.78, 5) is 16.8. The molecule has 134 valence electrons. The Bertz CT molecular complexity index is 561. The van der Waals surface area contributed by atoms with Gasteiger partial charge in [-0.25, -0.2) is 8.78 Å². The maximum Gasteiger partial charge on any atom is 0.230 e. The van der Waals surface area contributed by atoms with Crippen molar-refractivity contribution in [2.45, 2.75) is 25.3 Å². The smallest absolute Gasteiger partial charge is 0.230 e. The van der Waals surface area contributed by atoms with Gasteiger partial charge < -0.3 is 10.2 Å². The quantitative estimate of drug-likeness (QED) is 0.896. The van der Waals surface area contributed by atoms with Crippen LogP contribution in [0, 0.1) is 11.6 Å². The molecule has 1 aromatic carbocycles. The number of halogens is 3. The van der Waals surface area contributed by atoms with E-state index in [1.807, 2.05) is 0 Å². The first kappa shape index (κ1) is 19.1. The molecule has 1 N–H and O–H groups in total. The number of carbonyl (C=O) groups excluding carboxylic acids is 1. The van der Waals surface area contributed by atoms with E-state index >= 15 is 0 Å². The second-order valence-electron chi connectivity index (χ2n) is 6.37. The molecule has 1 aromatic rings. The van der Waals surface area contributed by atoms with Crippen molar-refractivity contribution in [3.8, 4) is 0 Å². The van der Waals surface area contributed by atoms with Crippen LogP contribution in [0.15, 0.2) is 18.2 Å². The van der Waals surface area contributed by atoms with Crippen LogP contribution in [0.1, 0.15) is 24.8 Å². The highest BCUT2D eigenvalue weighted by molar-refractivity contribution is 5.85. The number of hydrogen-bond donors (Lipinski definition) is 1. The fourth-order valence-electron chi connectivity index (χ4n) is 3.61. The molecule has 1 amide bonds. The second kappa shape index (κ2) is 8.23. The first-order chi connectivity index (χ1) is 11.1. The van der Waals surface area contributed by atoms with E-state index in [9.17, 15) is 13.6 Å². The van der Waals surface area contributed by atoms with E-state index in [0.29, 0.717) is 19.1 Å². The molecule has 2 fully saturated rings. The first-order valence-corrected chi connectivity index (χ1v) is 8.25. The number of hydrogen-bond acceptors (Lipinski definition) is 3. The molecule has 0 bridgehead atoms. The largest absolute Gasteiger partial charge is 0.341 e. The molecule has 3 rings (SSSR count). The number of carbonyl (C=O) groups is 1. The molecule has 0 spiro atoms. The Labute approximate surface area is 147 Å². The van der Waals surface area contributed by atoms with E-state index in [4.69, 9.17) is 0 Å². The van der Waals surface area contributed by atoms with Gasteiger partial charge in [0, 0.05) is 50.9 Å². The molecule has 0 saturated carbocycles. The summed E-state index contributed by atoms with van der Waals surface area (Å²) in [5, 5.41) is 3.32. The van der Waals surface area contributed by atoms with Crippen LogP contribution in [-0.4, -0.2) is 61.0 Å². The number of nitrogens with one attached hydrogen (secondary N) is 1. The Morgan fingerprint density at radius 1 is 1.21 bits per heavy atom. The lowest BCUT2D eigenvalue weighted by atomic mass is 9.98. The SMILES string of the molecule is CC(C(=O)N1CCC(N2CCNCC2)C1)c1c(F)cccc1F.Cl. The van der Waals surface area contributed by atoms with E-state index in [-0.39, 0.29) is 23.9 Å². The summed E-state index contributed by atoms with van der Waals surface area (Å²) < 4.78 is 27.8. The van der Waals surface area contributed by atoms with E-state index in [2.05, 4.69) is 10.2 Å². The first-order valence-electron chi connectivity index (χ1n) is 8.25. The van der Waals surface area contributed by atoms with Gasteiger partial charge in [0.2, 0.25) is 5.91 Å². The van der Waals surface area contributed by atoms with Crippen LogP contribution in [-0.2, 0) is 4.79 Å². The van der Waals surface area contributed by atoms with Gasteiger partial charge in [-0.2, -0.15) is 0 Å². The van der Waals surface area contributed by atoms with Gasteiger partial charge in [-0.15, -0.1) is 12.4 Å².